The molecule has 0 N–H and O–H groups in total. The lowest BCUT2D eigenvalue weighted by atomic mass is 9.95. The first-order valence-corrected chi connectivity index (χ1v) is 12.2. The summed E-state index contributed by atoms with van der Waals surface area (Å²) in [4.78, 5) is 30.4. The van der Waals surface area contributed by atoms with Crippen LogP contribution in [0, 0.1) is 19.8 Å². The van der Waals surface area contributed by atoms with Crippen LogP contribution in [0.15, 0.2) is 47.3 Å². The third-order valence-corrected chi connectivity index (χ3v) is 7.11. The summed E-state index contributed by atoms with van der Waals surface area (Å²) < 4.78 is 6.98. The van der Waals surface area contributed by atoms with E-state index in [4.69, 9.17) is 9.84 Å². The first-order chi connectivity index (χ1) is 16.5. The Hall–Kier alpha value is -3.03. The zero-order valence-corrected chi connectivity index (χ0v) is 20.0. The van der Waals surface area contributed by atoms with Crippen LogP contribution >= 0.6 is 0 Å². The zero-order valence-electron chi connectivity index (χ0n) is 20.0. The second-order valence-corrected chi connectivity index (χ2v) is 9.49. The number of rotatable bonds is 4. The number of nitrogens with zero attached hydrogens (tertiary/aromatic N) is 4. The van der Waals surface area contributed by atoms with Crippen LogP contribution < -0.4 is 5.56 Å². The fraction of sp³-hybridized carbons (Fsp3) is 0.444. The lowest BCUT2D eigenvalue weighted by Gasteiger charge is -2.35. The van der Waals surface area contributed by atoms with Crippen molar-refractivity contribution in [3.63, 3.8) is 0 Å². The van der Waals surface area contributed by atoms with Crippen molar-refractivity contribution in [2.45, 2.75) is 33.4 Å². The molecule has 0 saturated carbocycles. The van der Waals surface area contributed by atoms with Gasteiger partial charge in [0.1, 0.15) is 0 Å². The molecule has 34 heavy (non-hydrogen) atoms. The first kappa shape index (κ1) is 22.7. The highest BCUT2D eigenvalue weighted by molar-refractivity contribution is 5.94. The van der Waals surface area contributed by atoms with Crippen LogP contribution in [-0.4, -0.2) is 64.9 Å². The van der Waals surface area contributed by atoms with Crippen LogP contribution in [0.4, 0.5) is 0 Å². The lowest BCUT2D eigenvalue weighted by molar-refractivity contribution is -0.141. The van der Waals surface area contributed by atoms with Gasteiger partial charge in [-0.15, -0.1) is 0 Å². The van der Waals surface area contributed by atoms with Crippen molar-refractivity contribution in [3.8, 4) is 11.3 Å². The molecule has 0 aliphatic carbocycles. The van der Waals surface area contributed by atoms with E-state index < -0.39 is 0 Å². The molecule has 3 aromatic rings. The molecule has 1 aromatic heterocycles. The molecule has 0 atom stereocenters. The number of carbonyl (C=O) groups excluding carboxylic acids is 1. The summed E-state index contributed by atoms with van der Waals surface area (Å²) in [7, 11) is 0. The SMILES string of the molecule is Cc1ccc(C)c(-c2nn(CN3CCC(C(=O)N4CCOCC4)CC3)c(=O)c3ccccc23)c1. The molecule has 2 aromatic carbocycles. The van der Waals surface area contributed by atoms with Crippen LogP contribution in [0.5, 0.6) is 0 Å². The Balaban J connectivity index is 1.38. The number of amides is 1. The van der Waals surface area contributed by atoms with Gasteiger partial charge in [0.15, 0.2) is 0 Å². The Morgan fingerprint density at radius 2 is 1.71 bits per heavy atom. The smallest absolute Gasteiger partial charge is 0.275 e. The van der Waals surface area contributed by atoms with E-state index in [1.807, 2.05) is 29.2 Å². The van der Waals surface area contributed by atoms with Gasteiger partial charge < -0.3 is 9.64 Å². The van der Waals surface area contributed by atoms with Gasteiger partial charge in [-0.3, -0.25) is 14.5 Å². The number of ether oxygens (including phenoxy) is 1. The predicted molar refractivity (Wildman–Crippen MR) is 133 cm³/mol. The van der Waals surface area contributed by atoms with Gasteiger partial charge in [0.25, 0.3) is 5.56 Å². The molecule has 0 spiro atoms. The third kappa shape index (κ3) is 4.50. The molecule has 3 heterocycles. The van der Waals surface area contributed by atoms with Gasteiger partial charge in [0, 0.05) is 43.0 Å². The van der Waals surface area contributed by atoms with Crippen molar-refractivity contribution in [2.24, 2.45) is 5.92 Å². The minimum absolute atomic E-state index is 0.0566. The maximum Gasteiger partial charge on any atom is 0.275 e. The predicted octanol–water partition coefficient (Wildman–Crippen LogP) is 3.21. The first-order valence-electron chi connectivity index (χ1n) is 12.2. The molecule has 2 fully saturated rings. The Morgan fingerprint density at radius 1 is 1.00 bits per heavy atom. The van der Waals surface area contributed by atoms with Crippen molar-refractivity contribution in [1.82, 2.24) is 19.6 Å². The number of morpholine rings is 1. The Bertz CT molecular complexity index is 1250. The van der Waals surface area contributed by atoms with Gasteiger partial charge in [-0.2, -0.15) is 5.10 Å². The average molecular weight is 461 g/mol. The molecule has 0 unspecified atom stereocenters. The summed E-state index contributed by atoms with van der Waals surface area (Å²) in [5.74, 6) is 0.308. The highest BCUT2D eigenvalue weighted by Gasteiger charge is 2.29. The average Bonchev–Trinajstić information content (AvgIpc) is 2.88. The van der Waals surface area contributed by atoms with Gasteiger partial charge in [0.05, 0.1) is 31.0 Å². The van der Waals surface area contributed by atoms with Crippen molar-refractivity contribution in [3.05, 3.63) is 63.9 Å². The number of fused-ring (bicyclic) bond motifs is 1. The highest BCUT2D eigenvalue weighted by atomic mass is 16.5. The fourth-order valence-electron chi connectivity index (χ4n) is 5.07. The van der Waals surface area contributed by atoms with Crippen LogP contribution in [0.1, 0.15) is 24.0 Å². The molecule has 0 radical (unpaired) electrons. The van der Waals surface area contributed by atoms with Crippen LogP contribution in [0.3, 0.4) is 0 Å². The van der Waals surface area contributed by atoms with E-state index in [-0.39, 0.29) is 17.4 Å². The molecule has 178 valence electrons. The maximum absolute atomic E-state index is 13.3. The lowest BCUT2D eigenvalue weighted by Crippen LogP contribution is -2.47. The standard InChI is InChI=1S/C27H32N4O3/c1-19-7-8-20(2)24(17-19)25-22-5-3-4-6-23(22)27(33)31(28-25)18-29-11-9-21(10-12-29)26(32)30-13-15-34-16-14-30/h3-8,17,21H,9-16,18H2,1-2H3. The molecular formula is C27H32N4O3. The molecule has 2 saturated heterocycles. The molecule has 5 rings (SSSR count). The summed E-state index contributed by atoms with van der Waals surface area (Å²) in [6, 6.07) is 14.1. The zero-order chi connectivity index (χ0) is 23.7. The van der Waals surface area contributed by atoms with Crippen molar-refractivity contribution in [1.29, 1.82) is 0 Å². The molecule has 2 aliphatic rings. The quantitative estimate of drug-likeness (QED) is 0.598. The topological polar surface area (TPSA) is 67.7 Å². The minimum Gasteiger partial charge on any atom is -0.378 e. The van der Waals surface area contributed by atoms with Crippen molar-refractivity contribution in [2.75, 3.05) is 39.4 Å². The monoisotopic (exact) mass is 460 g/mol. The largest absolute Gasteiger partial charge is 0.378 e. The van der Waals surface area contributed by atoms with Crippen molar-refractivity contribution >= 4 is 16.7 Å². The van der Waals surface area contributed by atoms with Gasteiger partial charge >= 0.3 is 0 Å². The summed E-state index contributed by atoms with van der Waals surface area (Å²) in [5, 5.41) is 6.44. The van der Waals surface area contributed by atoms with Gasteiger partial charge in [-0.1, -0.05) is 35.9 Å². The van der Waals surface area contributed by atoms with Gasteiger partial charge in [-0.25, -0.2) is 4.68 Å². The van der Waals surface area contributed by atoms with Gasteiger partial charge in [-0.05, 0) is 44.4 Å². The number of likely N-dealkylation sites (tertiary alicyclic amines) is 1. The fourth-order valence-corrected chi connectivity index (χ4v) is 5.07. The number of aromatic nitrogens is 2. The van der Waals surface area contributed by atoms with Gasteiger partial charge in [0.2, 0.25) is 5.91 Å². The third-order valence-electron chi connectivity index (χ3n) is 7.11. The van der Waals surface area contributed by atoms with E-state index >= 15 is 0 Å². The number of benzene rings is 2. The van der Waals surface area contributed by atoms with Crippen molar-refractivity contribution < 1.29 is 9.53 Å². The summed E-state index contributed by atoms with van der Waals surface area (Å²) >= 11 is 0. The van der Waals surface area contributed by atoms with Crippen LogP contribution in [0.2, 0.25) is 0 Å². The highest BCUT2D eigenvalue weighted by Crippen LogP contribution is 2.28. The Kier molecular flexibility index (Phi) is 6.48. The van der Waals surface area contributed by atoms with E-state index in [0.717, 1.165) is 53.7 Å². The number of carbonyl (C=O) groups is 1. The number of piperidine rings is 1. The molecule has 0 bridgehead atoms. The summed E-state index contributed by atoms with van der Waals surface area (Å²) in [6.07, 6.45) is 1.62. The molecule has 7 nitrogen and oxygen atoms in total. The summed E-state index contributed by atoms with van der Waals surface area (Å²) in [5.41, 5.74) is 4.12. The molecule has 7 heteroatoms. The number of hydrogen-bond acceptors (Lipinski definition) is 5. The number of hydrogen-bond donors (Lipinski definition) is 0. The minimum atomic E-state index is -0.0730. The molecule has 2 aliphatic heterocycles. The summed E-state index contributed by atoms with van der Waals surface area (Å²) in [6.45, 7) is 8.78. The van der Waals surface area contributed by atoms with Crippen LogP contribution in [-0.2, 0) is 16.2 Å². The van der Waals surface area contributed by atoms with E-state index in [1.165, 1.54) is 0 Å². The van der Waals surface area contributed by atoms with Crippen LogP contribution in [0.25, 0.3) is 22.0 Å². The van der Waals surface area contributed by atoms with E-state index in [1.54, 1.807) is 4.68 Å². The second kappa shape index (κ2) is 9.68. The van der Waals surface area contributed by atoms with E-state index in [9.17, 15) is 9.59 Å². The Labute approximate surface area is 199 Å². The van der Waals surface area contributed by atoms with E-state index in [2.05, 4.69) is 36.9 Å². The second-order valence-electron chi connectivity index (χ2n) is 9.49. The molecular weight excluding hydrogens is 428 g/mol. The Morgan fingerprint density at radius 3 is 2.44 bits per heavy atom. The maximum atomic E-state index is 13.3. The van der Waals surface area contributed by atoms with E-state index in [0.29, 0.717) is 38.4 Å². The molecule has 1 amide bonds. The number of aryl methyl sites for hydroxylation is 2. The normalized spacial score (nSPS) is 17.9.